The average Bonchev–Trinajstić information content (AvgIpc) is 2.88. The quantitative estimate of drug-likeness (QED) is 0.791. The Balaban J connectivity index is 1.39. The summed E-state index contributed by atoms with van der Waals surface area (Å²) in [5.74, 6) is 0.896. The monoisotopic (exact) mass is 379 g/mol. The molecule has 0 spiro atoms. The van der Waals surface area contributed by atoms with E-state index in [-0.39, 0.29) is 0 Å². The summed E-state index contributed by atoms with van der Waals surface area (Å²) in [6.45, 7) is 6.91. The van der Waals surface area contributed by atoms with Crippen LogP contribution in [0.15, 0.2) is 35.2 Å². The highest BCUT2D eigenvalue weighted by molar-refractivity contribution is 7.89. The molecule has 3 rings (SSSR count). The van der Waals surface area contributed by atoms with Crippen molar-refractivity contribution < 1.29 is 8.42 Å². The van der Waals surface area contributed by atoms with Gasteiger partial charge < -0.3 is 9.80 Å². The van der Waals surface area contributed by atoms with Crippen molar-refractivity contribution >= 4 is 10.0 Å². The third-order valence-corrected chi connectivity index (χ3v) is 7.17. The van der Waals surface area contributed by atoms with Crippen LogP contribution < -0.4 is 4.72 Å². The lowest BCUT2D eigenvalue weighted by atomic mass is 9.89. The summed E-state index contributed by atoms with van der Waals surface area (Å²) >= 11 is 0. The highest BCUT2D eigenvalue weighted by atomic mass is 32.2. The number of benzene rings is 1. The molecule has 0 bridgehead atoms. The molecule has 0 amide bonds. The Hall–Kier alpha value is -0.950. The van der Waals surface area contributed by atoms with Crippen LogP contribution in [0.2, 0.25) is 0 Å². The molecule has 0 unspecified atom stereocenters. The molecule has 0 radical (unpaired) electrons. The second-order valence-corrected chi connectivity index (χ2v) is 9.48. The molecule has 2 fully saturated rings. The van der Waals surface area contributed by atoms with Crippen LogP contribution in [-0.2, 0) is 10.0 Å². The molecular formula is C20H33N3O2S. The van der Waals surface area contributed by atoms with Gasteiger partial charge in [0.25, 0.3) is 0 Å². The van der Waals surface area contributed by atoms with Gasteiger partial charge in [0.1, 0.15) is 0 Å². The van der Waals surface area contributed by atoms with E-state index in [4.69, 9.17) is 0 Å². The van der Waals surface area contributed by atoms with Crippen molar-refractivity contribution in [1.29, 1.82) is 0 Å². The van der Waals surface area contributed by atoms with Crippen LogP contribution in [0.5, 0.6) is 0 Å². The highest BCUT2D eigenvalue weighted by Crippen LogP contribution is 2.24. The Bertz CT molecular complexity index is 630. The van der Waals surface area contributed by atoms with E-state index >= 15 is 0 Å². The van der Waals surface area contributed by atoms with Crippen molar-refractivity contribution in [2.24, 2.45) is 5.92 Å². The molecule has 1 aromatic carbocycles. The van der Waals surface area contributed by atoms with Crippen LogP contribution in [0.25, 0.3) is 0 Å². The molecular weight excluding hydrogens is 346 g/mol. The van der Waals surface area contributed by atoms with E-state index in [2.05, 4.69) is 14.5 Å². The van der Waals surface area contributed by atoms with E-state index in [1.54, 1.807) is 24.3 Å². The number of rotatable bonds is 7. The van der Waals surface area contributed by atoms with Gasteiger partial charge in [-0.2, -0.15) is 0 Å². The number of sulfonamides is 1. The van der Waals surface area contributed by atoms with E-state index in [1.807, 2.05) is 6.07 Å². The minimum absolute atomic E-state index is 0.342. The third-order valence-electron chi connectivity index (χ3n) is 5.70. The lowest BCUT2D eigenvalue weighted by Gasteiger charge is -2.28. The van der Waals surface area contributed by atoms with Crippen molar-refractivity contribution in [2.45, 2.75) is 43.4 Å². The standard InChI is InChI=1S/C20H33N3O2S/c24-26(25,20-10-5-2-6-11-20)21-12-15-22-13-7-14-23(17-16-22)18-19-8-3-1-4-9-19/h2,5-6,10-11,19,21H,1,3-4,7-9,12-18H2. The lowest BCUT2D eigenvalue weighted by molar-refractivity contribution is 0.202. The summed E-state index contributed by atoms with van der Waals surface area (Å²) < 4.78 is 27.3. The Labute approximate surface area is 158 Å². The van der Waals surface area contributed by atoms with Gasteiger partial charge in [-0.05, 0) is 50.4 Å². The van der Waals surface area contributed by atoms with Crippen LogP contribution in [-0.4, -0.2) is 64.0 Å². The Kier molecular flexibility index (Phi) is 7.49. The van der Waals surface area contributed by atoms with Gasteiger partial charge in [0.05, 0.1) is 4.90 Å². The Morgan fingerprint density at radius 3 is 2.35 bits per heavy atom. The smallest absolute Gasteiger partial charge is 0.240 e. The van der Waals surface area contributed by atoms with Crippen LogP contribution in [0.4, 0.5) is 0 Å². The fourth-order valence-corrected chi connectivity index (χ4v) is 5.23. The van der Waals surface area contributed by atoms with Crippen molar-refractivity contribution in [3.63, 3.8) is 0 Å². The SMILES string of the molecule is O=S(=O)(NCCN1CCCN(CC2CCCCC2)CC1)c1ccccc1. The molecule has 1 aliphatic heterocycles. The fourth-order valence-electron chi connectivity index (χ4n) is 4.19. The Morgan fingerprint density at radius 1 is 0.885 bits per heavy atom. The van der Waals surface area contributed by atoms with Gasteiger partial charge in [-0.3, -0.25) is 0 Å². The number of nitrogens with zero attached hydrogens (tertiary/aromatic N) is 2. The summed E-state index contributed by atoms with van der Waals surface area (Å²) in [5.41, 5.74) is 0. The number of nitrogens with one attached hydrogen (secondary N) is 1. The van der Waals surface area contributed by atoms with Gasteiger partial charge in [0.2, 0.25) is 10.0 Å². The first kappa shape index (κ1) is 19.8. The largest absolute Gasteiger partial charge is 0.302 e. The number of hydrogen-bond donors (Lipinski definition) is 1. The minimum atomic E-state index is -3.39. The molecule has 1 aromatic rings. The molecule has 1 saturated carbocycles. The van der Waals surface area contributed by atoms with Crippen molar-refractivity contribution in [3.8, 4) is 0 Å². The first-order valence-corrected chi connectivity index (χ1v) is 11.6. The predicted octanol–water partition coefficient (Wildman–Crippen LogP) is 2.55. The maximum Gasteiger partial charge on any atom is 0.240 e. The molecule has 1 aliphatic carbocycles. The molecule has 6 heteroatoms. The van der Waals surface area contributed by atoms with Gasteiger partial charge in [0.15, 0.2) is 0 Å². The summed E-state index contributed by atoms with van der Waals surface area (Å²) in [4.78, 5) is 5.37. The summed E-state index contributed by atoms with van der Waals surface area (Å²) in [6, 6.07) is 8.61. The molecule has 2 aliphatic rings. The lowest BCUT2D eigenvalue weighted by Crippen LogP contribution is -2.38. The molecule has 26 heavy (non-hydrogen) atoms. The van der Waals surface area contributed by atoms with E-state index in [0.717, 1.165) is 32.1 Å². The first-order chi connectivity index (χ1) is 12.6. The van der Waals surface area contributed by atoms with Crippen molar-refractivity contribution in [3.05, 3.63) is 30.3 Å². The molecule has 1 saturated heterocycles. The molecule has 1 heterocycles. The average molecular weight is 380 g/mol. The van der Waals surface area contributed by atoms with E-state index in [0.29, 0.717) is 11.4 Å². The first-order valence-electron chi connectivity index (χ1n) is 10.1. The van der Waals surface area contributed by atoms with Crippen LogP contribution in [0, 0.1) is 5.92 Å². The van der Waals surface area contributed by atoms with E-state index in [1.165, 1.54) is 51.6 Å². The minimum Gasteiger partial charge on any atom is -0.302 e. The van der Waals surface area contributed by atoms with Crippen LogP contribution in [0.1, 0.15) is 38.5 Å². The maximum atomic E-state index is 12.3. The van der Waals surface area contributed by atoms with Crippen molar-refractivity contribution in [1.82, 2.24) is 14.5 Å². The Morgan fingerprint density at radius 2 is 1.58 bits per heavy atom. The molecule has 5 nitrogen and oxygen atoms in total. The topological polar surface area (TPSA) is 52.7 Å². The summed E-state index contributed by atoms with van der Waals surface area (Å²) in [5, 5.41) is 0. The zero-order valence-corrected chi connectivity index (χ0v) is 16.6. The number of hydrogen-bond acceptors (Lipinski definition) is 4. The van der Waals surface area contributed by atoms with E-state index in [9.17, 15) is 8.42 Å². The van der Waals surface area contributed by atoms with Crippen molar-refractivity contribution in [2.75, 3.05) is 45.8 Å². The predicted molar refractivity (Wildman–Crippen MR) is 106 cm³/mol. The van der Waals surface area contributed by atoms with Gasteiger partial charge in [-0.15, -0.1) is 0 Å². The molecule has 146 valence electrons. The molecule has 0 atom stereocenters. The van der Waals surface area contributed by atoms with Crippen LogP contribution in [0.3, 0.4) is 0 Å². The summed E-state index contributed by atoms with van der Waals surface area (Å²) in [7, 11) is -3.39. The van der Waals surface area contributed by atoms with Crippen LogP contribution >= 0.6 is 0 Å². The second-order valence-electron chi connectivity index (χ2n) is 7.71. The van der Waals surface area contributed by atoms with Gasteiger partial charge in [-0.25, -0.2) is 13.1 Å². The van der Waals surface area contributed by atoms with Gasteiger partial charge in [0, 0.05) is 32.7 Å². The normalized spacial score (nSPS) is 21.5. The fraction of sp³-hybridized carbons (Fsp3) is 0.700. The third kappa shape index (κ3) is 6.05. The van der Waals surface area contributed by atoms with E-state index < -0.39 is 10.0 Å². The molecule has 0 aromatic heterocycles. The molecule has 1 N–H and O–H groups in total. The maximum absolute atomic E-state index is 12.3. The highest BCUT2D eigenvalue weighted by Gasteiger charge is 2.20. The summed E-state index contributed by atoms with van der Waals surface area (Å²) in [6.07, 6.45) is 8.22. The van der Waals surface area contributed by atoms with Gasteiger partial charge in [-0.1, -0.05) is 37.5 Å². The second kappa shape index (κ2) is 9.83. The zero-order chi connectivity index (χ0) is 18.2. The van der Waals surface area contributed by atoms with Gasteiger partial charge >= 0.3 is 0 Å². The zero-order valence-electron chi connectivity index (χ0n) is 15.8.